The average Bonchev–Trinajstić information content (AvgIpc) is 2.54. The van der Waals surface area contributed by atoms with Gasteiger partial charge in [-0.1, -0.05) is 31.4 Å². The highest BCUT2D eigenvalue weighted by atomic mass is 16.2. The number of nitrogens with one attached hydrogen (secondary N) is 2. The molecule has 2 N–H and O–H groups in total. The maximum absolute atomic E-state index is 11.9. The molecule has 4 nitrogen and oxygen atoms in total. The molecule has 0 atom stereocenters. The van der Waals surface area contributed by atoms with Gasteiger partial charge in [0.15, 0.2) is 0 Å². The molecule has 1 fully saturated rings. The van der Waals surface area contributed by atoms with Crippen LogP contribution in [0, 0.1) is 5.92 Å². The smallest absolute Gasteiger partial charge is 0.319 e. The average molecular weight is 283 g/mol. The van der Waals surface area contributed by atoms with E-state index in [9.17, 15) is 4.79 Å². The summed E-state index contributed by atoms with van der Waals surface area (Å²) >= 11 is 0. The molecule has 1 aliphatic carbocycles. The number of fused-ring (bicyclic) bond motifs is 1. The predicted octanol–water partition coefficient (Wildman–Crippen LogP) is 3.94. The minimum absolute atomic E-state index is 0.129. The van der Waals surface area contributed by atoms with Crippen molar-refractivity contribution < 1.29 is 4.79 Å². The first-order chi connectivity index (χ1) is 10.3. The van der Waals surface area contributed by atoms with Gasteiger partial charge in [-0.3, -0.25) is 4.98 Å². The summed E-state index contributed by atoms with van der Waals surface area (Å²) in [6.45, 7) is 0.775. The Morgan fingerprint density at radius 1 is 1.19 bits per heavy atom. The molecule has 1 heterocycles. The largest absolute Gasteiger partial charge is 0.338 e. The Balaban J connectivity index is 1.55. The Morgan fingerprint density at radius 2 is 2.05 bits per heavy atom. The molecular formula is C17H21N3O. The molecule has 0 radical (unpaired) electrons. The number of nitrogens with zero attached hydrogens (tertiary/aromatic N) is 1. The first kappa shape index (κ1) is 13.9. The Kier molecular flexibility index (Phi) is 4.34. The normalized spacial score (nSPS) is 15.8. The predicted molar refractivity (Wildman–Crippen MR) is 85.3 cm³/mol. The maximum Gasteiger partial charge on any atom is 0.319 e. The van der Waals surface area contributed by atoms with Crippen molar-refractivity contribution in [1.82, 2.24) is 10.3 Å². The first-order valence-corrected chi connectivity index (χ1v) is 7.71. The lowest BCUT2D eigenvalue weighted by Crippen LogP contribution is -2.33. The molecule has 2 aromatic rings. The lowest BCUT2D eigenvalue weighted by molar-refractivity contribution is 0.247. The van der Waals surface area contributed by atoms with E-state index in [2.05, 4.69) is 15.6 Å². The van der Waals surface area contributed by atoms with E-state index in [1.807, 2.05) is 30.3 Å². The van der Waals surface area contributed by atoms with Gasteiger partial charge in [0.05, 0.1) is 5.52 Å². The second kappa shape index (κ2) is 6.57. The van der Waals surface area contributed by atoms with E-state index in [1.54, 1.807) is 6.20 Å². The van der Waals surface area contributed by atoms with E-state index in [0.29, 0.717) is 5.92 Å². The molecular weight excluding hydrogens is 262 g/mol. The quantitative estimate of drug-likeness (QED) is 0.896. The molecule has 1 aromatic carbocycles. The molecule has 1 aromatic heterocycles. The van der Waals surface area contributed by atoms with E-state index < -0.39 is 0 Å². The molecule has 0 bridgehead atoms. The minimum Gasteiger partial charge on any atom is -0.338 e. The number of urea groups is 1. The monoisotopic (exact) mass is 283 g/mol. The van der Waals surface area contributed by atoms with Gasteiger partial charge >= 0.3 is 6.03 Å². The van der Waals surface area contributed by atoms with Crippen molar-refractivity contribution in [2.75, 3.05) is 11.9 Å². The maximum atomic E-state index is 11.9. The molecule has 0 saturated heterocycles. The van der Waals surface area contributed by atoms with Crippen LogP contribution in [0.3, 0.4) is 0 Å². The van der Waals surface area contributed by atoms with Gasteiger partial charge in [0, 0.05) is 23.8 Å². The summed E-state index contributed by atoms with van der Waals surface area (Å²) in [5.41, 5.74) is 1.67. The van der Waals surface area contributed by atoms with Crippen molar-refractivity contribution in [3.05, 3.63) is 36.5 Å². The van der Waals surface area contributed by atoms with Gasteiger partial charge in [-0.15, -0.1) is 0 Å². The van der Waals surface area contributed by atoms with E-state index >= 15 is 0 Å². The number of carbonyl (C=O) groups excluding carboxylic acids is 1. The zero-order valence-electron chi connectivity index (χ0n) is 12.1. The van der Waals surface area contributed by atoms with Gasteiger partial charge in [0.1, 0.15) is 0 Å². The van der Waals surface area contributed by atoms with Crippen LogP contribution in [0.2, 0.25) is 0 Å². The standard InChI is InChI=1S/C17H21N3O/c21-17(19-12-13-5-2-1-3-6-13)20-15-9-8-14-7-4-10-18-16(14)11-15/h4,7-11,13H,1-3,5-6,12H2,(H2,19,20,21). The Bertz CT molecular complexity index is 620. The lowest BCUT2D eigenvalue weighted by Gasteiger charge is -2.21. The summed E-state index contributed by atoms with van der Waals surface area (Å²) in [6.07, 6.45) is 8.16. The summed E-state index contributed by atoms with van der Waals surface area (Å²) < 4.78 is 0. The molecule has 4 heteroatoms. The third-order valence-electron chi connectivity index (χ3n) is 4.14. The second-order valence-corrected chi connectivity index (χ2v) is 5.75. The number of hydrogen-bond donors (Lipinski definition) is 2. The van der Waals surface area contributed by atoms with Gasteiger partial charge in [0.2, 0.25) is 0 Å². The van der Waals surface area contributed by atoms with Crippen LogP contribution in [0.4, 0.5) is 10.5 Å². The number of amides is 2. The molecule has 110 valence electrons. The van der Waals surface area contributed by atoms with Gasteiger partial charge in [0.25, 0.3) is 0 Å². The third kappa shape index (κ3) is 3.72. The van der Waals surface area contributed by atoms with Crippen molar-refractivity contribution in [1.29, 1.82) is 0 Å². The second-order valence-electron chi connectivity index (χ2n) is 5.75. The molecule has 0 unspecified atom stereocenters. The molecule has 0 aliphatic heterocycles. The van der Waals surface area contributed by atoms with Crippen LogP contribution in [0.5, 0.6) is 0 Å². The Morgan fingerprint density at radius 3 is 2.90 bits per heavy atom. The van der Waals surface area contributed by atoms with Crippen molar-refractivity contribution in [3.8, 4) is 0 Å². The summed E-state index contributed by atoms with van der Waals surface area (Å²) in [6, 6.07) is 9.57. The summed E-state index contributed by atoms with van der Waals surface area (Å²) in [7, 11) is 0. The fourth-order valence-corrected chi connectivity index (χ4v) is 2.95. The van der Waals surface area contributed by atoms with Crippen molar-refractivity contribution in [2.24, 2.45) is 5.92 Å². The van der Waals surface area contributed by atoms with Gasteiger partial charge < -0.3 is 10.6 Å². The highest BCUT2D eigenvalue weighted by molar-refractivity contribution is 5.92. The van der Waals surface area contributed by atoms with E-state index in [4.69, 9.17) is 0 Å². The van der Waals surface area contributed by atoms with Crippen LogP contribution in [-0.2, 0) is 0 Å². The molecule has 2 amide bonds. The zero-order chi connectivity index (χ0) is 14.5. The summed E-state index contributed by atoms with van der Waals surface area (Å²) in [5, 5.41) is 6.94. The molecule has 3 rings (SSSR count). The van der Waals surface area contributed by atoms with E-state index in [1.165, 1.54) is 32.1 Å². The minimum atomic E-state index is -0.129. The molecule has 21 heavy (non-hydrogen) atoms. The molecule has 1 saturated carbocycles. The van der Waals surface area contributed by atoms with Crippen LogP contribution >= 0.6 is 0 Å². The number of rotatable bonds is 3. The van der Waals surface area contributed by atoms with Crippen LogP contribution in [0.1, 0.15) is 32.1 Å². The van der Waals surface area contributed by atoms with Crippen molar-refractivity contribution in [2.45, 2.75) is 32.1 Å². The van der Waals surface area contributed by atoms with Crippen molar-refractivity contribution >= 4 is 22.6 Å². The fraction of sp³-hybridized carbons (Fsp3) is 0.412. The number of pyridine rings is 1. The Hall–Kier alpha value is -2.10. The number of anilines is 1. The third-order valence-corrected chi connectivity index (χ3v) is 4.14. The fourth-order valence-electron chi connectivity index (χ4n) is 2.95. The SMILES string of the molecule is O=C(NCC1CCCCC1)Nc1ccc2cccnc2c1. The summed E-state index contributed by atoms with van der Waals surface area (Å²) in [4.78, 5) is 16.2. The highest BCUT2D eigenvalue weighted by Crippen LogP contribution is 2.22. The van der Waals surface area contributed by atoms with Gasteiger partial charge in [-0.2, -0.15) is 0 Å². The first-order valence-electron chi connectivity index (χ1n) is 7.71. The van der Waals surface area contributed by atoms with Gasteiger partial charge in [-0.25, -0.2) is 4.79 Å². The van der Waals surface area contributed by atoms with E-state index in [-0.39, 0.29) is 6.03 Å². The van der Waals surface area contributed by atoms with Crippen LogP contribution in [-0.4, -0.2) is 17.6 Å². The molecule has 1 aliphatic rings. The number of aromatic nitrogens is 1. The molecule has 0 spiro atoms. The number of carbonyl (C=O) groups is 1. The van der Waals surface area contributed by atoms with Crippen LogP contribution in [0.25, 0.3) is 10.9 Å². The van der Waals surface area contributed by atoms with Crippen molar-refractivity contribution in [3.63, 3.8) is 0 Å². The summed E-state index contributed by atoms with van der Waals surface area (Å²) in [5.74, 6) is 0.641. The number of hydrogen-bond acceptors (Lipinski definition) is 2. The number of benzene rings is 1. The van der Waals surface area contributed by atoms with Gasteiger partial charge in [-0.05, 0) is 37.0 Å². The topological polar surface area (TPSA) is 54.0 Å². The highest BCUT2D eigenvalue weighted by Gasteiger charge is 2.14. The van der Waals surface area contributed by atoms with E-state index in [0.717, 1.165) is 23.1 Å². The van der Waals surface area contributed by atoms with Crippen LogP contribution < -0.4 is 10.6 Å². The van der Waals surface area contributed by atoms with Crippen LogP contribution in [0.15, 0.2) is 36.5 Å². The zero-order valence-corrected chi connectivity index (χ0v) is 12.1. The Labute approximate surface area is 125 Å². The lowest BCUT2D eigenvalue weighted by atomic mass is 9.89.